The topological polar surface area (TPSA) is 46.2 Å². The van der Waals surface area contributed by atoms with Gasteiger partial charge in [-0.2, -0.15) is 0 Å². The maximum Gasteiger partial charge on any atom is 0.232 e. The lowest BCUT2D eigenvalue weighted by Crippen LogP contribution is -2.26. The zero-order valence-corrected chi connectivity index (χ0v) is 11.4. The van der Waals surface area contributed by atoms with Gasteiger partial charge in [0.05, 0.1) is 0 Å². The number of hydrogen-bond acceptors (Lipinski definition) is 3. The molecule has 0 aromatic carbocycles. The van der Waals surface area contributed by atoms with Crippen LogP contribution < -0.4 is 4.72 Å². The van der Waals surface area contributed by atoms with Gasteiger partial charge in [0.2, 0.25) is 5.91 Å². The van der Waals surface area contributed by atoms with Crippen LogP contribution in [0.1, 0.15) is 31.6 Å². The molecule has 0 aliphatic heterocycles. The Morgan fingerprint density at radius 1 is 1.56 bits per heavy atom. The number of hydrogen-bond donors (Lipinski definition) is 1. The monoisotopic (exact) mass is 259 g/mol. The zero-order chi connectivity index (χ0) is 12.1. The normalized spacial score (nSPS) is 14.4. The van der Waals surface area contributed by atoms with Gasteiger partial charge < -0.3 is 0 Å². The highest BCUT2D eigenvalue weighted by Crippen LogP contribution is 2.18. The fourth-order valence-electron chi connectivity index (χ4n) is 1.17. The van der Waals surface area contributed by atoms with E-state index in [1.54, 1.807) is 6.07 Å². The standard InChI is InChI=1S/C11H17NO2S2/c1-4-8(2)7-10(13)12-16(14)11-6-5-9(3)15-11/h5-6,8H,4,7H2,1-3H3,(H,12,13)/t8-,16?/m0/s1. The first-order chi connectivity index (χ1) is 7.52. The van der Waals surface area contributed by atoms with Crippen molar-refractivity contribution < 1.29 is 9.00 Å². The molecule has 1 aromatic heterocycles. The molecular formula is C11H17NO2S2. The lowest BCUT2D eigenvalue weighted by molar-refractivity contribution is -0.120. The molecule has 1 heterocycles. The first-order valence-corrected chi connectivity index (χ1v) is 7.27. The molecule has 0 radical (unpaired) electrons. The van der Waals surface area contributed by atoms with Crippen LogP contribution in [-0.2, 0) is 15.8 Å². The van der Waals surface area contributed by atoms with Gasteiger partial charge in [0, 0.05) is 11.3 Å². The summed E-state index contributed by atoms with van der Waals surface area (Å²) in [6.07, 6.45) is 1.39. The number of amides is 1. The quantitative estimate of drug-likeness (QED) is 0.883. The third-order valence-electron chi connectivity index (χ3n) is 2.34. The van der Waals surface area contributed by atoms with Gasteiger partial charge in [0.15, 0.2) is 11.0 Å². The lowest BCUT2D eigenvalue weighted by Gasteiger charge is -2.07. The molecule has 0 saturated heterocycles. The van der Waals surface area contributed by atoms with Crippen LogP contribution in [0.2, 0.25) is 0 Å². The molecule has 5 heteroatoms. The van der Waals surface area contributed by atoms with Crippen molar-refractivity contribution in [1.29, 1.82) is 0 Å². The smallest absolute Gasteiger partial charge is 0.232 e. The Morgan fingerprint density at radius 2 is 2.25 bits per heavy atom. The number of nitrogens with one attached hydrogen (secondary N) is 1. The molecule has 2 atom stereocenters. The summed E-state index contributed by atoms with van der Waals surface area (Å²) in [6.45, 7) is 6.00. The van der Waals surface area contributed by atoms with Crippen molar-refractivity contribution in [3.63, 3.8) is 0 Å². The number of aryl methyl sites for hydroxylation is 1. The Kier molecular flexibility index (Phi) is 5.15. The summed E-state index contributed by atoms with van der Waals surface area (Å²) in [5, 5.41) is 0. The first kappa shape index (κ1) is 13.4. The van der Waals surface area contributed by atoms with E-state index >= 15 is 0 Å². The maximum absolute atomic E-state index is 11.7. The van der Waals surface area contributed by atoms with E-state index in [-0.39, 0.29) is 5.91 Å². The number of thiophene rings is 1. The summed E-state index contributed by atoms with van der Waals surface area (Å²) in [6, 6.07) is 3.69. The second-order valence-electron chi connectivity index (χ2n) is 3.88. The van der Waals surface area contributed by atoms with Gasteiger partial charge in [-0.25, -0.2) is 4.21 Å². The van der Waals surface area contributed by atoms with Crippen LogP contribution in [0.4, 0.5) is 0 Å². The highest BCUT2D eigenvalue weighted by atomic mass is 32.2. The Morgan fingerprint density at radius 3 is 2.75 bits per heavy atom. The van der Waals surface area contributed by atoms with Gasteiger partial charge in [0.1, 0.15) is 4.21 Å². The SMILES string of the molecule is CC[C@H](C)CC(=O)NS(=O)c1ccc(C)s1. The van der Waals surface area contributed by atoms with Crippen LogP contribution in [0, 0.1) is 12.8 Å². The predicted molar refractivity (Wildman–Crippen MR) is 67.7 cm³/mol. The van der Waals surface area contributed by atoms with Crippen LogP contribution in [0.15, 0.2) is 16.3 Å². The summed E-state index contributed by atoms with van der Waals surface area (Å²) in [7, 11) is -1.39. The van der Waals surface area contributed by atoms with E-state index in [4.69, 9.17) is 0 Å². The number of rotatable bonds is 5. The van der Waals surface area contributed by atoms with E-state index in [2.05, 4.69) is 4.72 Å². The van der Waals surface area contributed by atoms with E-state index < -0.39 is 11.0 Å². The molecule has 1 aromatic rings. The van der Waals surface area contributed by atoms with Crippen molar-refractivity contribution in [3.8, 4) is 0 Å². The molecule has 0 aliphatic rings. The molecule has 90 valence electrons. The van der Waals surface area contributed by atoms with E-state index in [0.29, 0.717) is 16.5 Å². The van der Waals surface area contributed by atoms with Gasteiger partial charge in [-0.1, -0.05) is 20.3 Å². The Hall–Kier alpha value is -0.680. The minimum atomic E-state index is -1.39. The van der Waals surface area contributed by atoms with Crippen LogP contribution in [0.3, 0.4) is 0 Å². The van der Waals surface area contributed by atoms with Gasteiger partial charge in [0.25, 0.3) is 0 Å². The predicted octanol–water partition coefficient (Wildman–Crippen LogP) is 2.63. The van der Waals surface area contributed by atoms with Crippen LogP contribution >= 0.6 is 11.3 Å². The molecule has 0 fully saturated rings. The van der Waals surface area contributed by atoms with Gasteiger partial charge in [-0.3, -0.25) is 9.52 Å². The molecule has 1 unspecified atom stereocenters. The lowest BCUT2D eigenvalue weighted by atomic mass is 10.1. The number of carbonyl (C=O) groups excluding carboxylic acids is 1. The summed E-state index contributed by atoms with van der Waals surface area (Å²) >= 11 is 1.45. The molecule has 0 spiro atoms. The molecular weight excluding hydrogens is 242 g/mol. The molecule has 0 saturated carbocycles. The third-order valence-corrected chi connectivity index (χ3v) is 4.75. The van der Waals surface area contributed by atoms with Crippen molar-refractivity contribution >= 4 is 28.2 Å². The summed E-state index contributed by atoms with van der Waals surface area (Å²) in [5.41, 5.74) is 0. The second kappa shape index (κ2) is 6.15. The Bertz CT molecular complexity index is 387. The van der Waals surface area contributed by atoms with Crippen molar-refractivity contribution in [2.75, 3.05) is 0 Å². The van der Waals surface area contributed by atoms with Crippen molar-refractivity contribution in [2.24, 2.45) is 5.92 Å². The molecule has 1 amide bonds. The zero-order valence-electron chi connectivity index (χ0n) is 9.78. The summed E-state index contributed by atoms with van der Waals surface area (Å²) in [4.78, 5) is 12.6. The van der Waals surface area contributed by atoms with Crippen LogP contribution in [0.5, 0.6) is 0 Å². The molecule has 1 rings (SSSR count). The van der Waals surface area contributed by atoms with E-state index in [0.717, 1.165) is 11.3 Å². The Labute approximate surface area is 103 Å². The van der Waals surface area contributed by atoms with Crippen molar-refractivity contribution in [2.45, 2.75) is 37.8 Å². The van der Waals surface area contributed by atoms with Gasteiger partial charge >= 0.3 is 0 Å². The van der Waals surface area contributed by atoms with Crippen LogP contribution in [0.25, 0.3) is 0 Å². The third kappa shape index (κ3) is 4.06. The molecule has 0 aliphatic carbocycles. The van der Waals surface area contributed by atoms with Gasteiger partial charge in [-0.05, 0) is 25.0 Å². The Balaban J connectivity index is 2.49. The first-order valence-electron chi connectivity index (χ1n) is 5.30. The van der Waals surface area contributed by atoms with E-state index in [1.165, 1.54) is 11.3 Å². The average Bonchev–Trinajstić information content (AvgIpc) is 2.64. The fraction of sp³-hybridized carbons (Fsp3) is 0.545. The highest BCUT2D eigenvalue weighted by molar-refractivity contribution is 7.86. The number of carbonyl (C=O) groups is 1. The minimum Gasteiger partial charge on any atom is -0.274 e. The van der Waals surface area contributed by atoms with Gasteiger partial charge in [-0.15, -0.1) is 11.3 Å². The van der Waals surface area contributed by atoms with E-state index in [9.17, 15) is 9.00 Å². The molecule has 1 N–H and O–H groups in total. The van der Waals surface area contributed by atoms with Crippen molar-refractivity contribution in [1.82, 2.24) is 4.72 Å². The summed E-state index contributed by atoms with van der Waals surface area (Å²) in [5.74, 6) is 0.195. The largest absolute Gasteiger partial charge is 0.274 e. The maximum atomic E-state index is 11.7. The molecule has 16 heavy (non-hydrogen) atoms. The van der Waals surface area contributed by atoms with E-state index in [1.807, 2.05) is 26.8 Å². The second-order valence-corrected chi connectivity index (χ2v) is 6.60. The summed E-state index contributed by atoms with van der Waals surface area (Å²) < 4.78 is 14.9. The van der Waals surface area contributed by atoms with Crippen LogP contribution in [-0.4, -0.2) is 10.1 Å². The molecule has 3 nitrogen and oxygen atoms in total. The molecule has 0 bridgehead atoms. The fourth-order valence-corrected chi connectivity index (χ4v) is 3.16. The average molecular weight is 259 g/mol. The highest BCUT2D eigenvalue weighted by Gasteiger charge is 2.12. The minimum absolute atomic E-state index is 0.140. The van der Waals surface area contributed by atoms with Crippen molar-refractivity contribution in [3.05, 3.63) is 17.0 Å².